The first kappa shape index (κ1) is 12.2. The third kappa shape index (κ3) is 2.21. The Bertz CT molecular complexity index is 575. The van der Waals surface area contributed by atoms with Gasteiger partial charge in [-0.2, -0.15) is 5.10 Å². The van der Waals surface area contributed by atoms with Gasteiger partial charge in [-0.15, -0.1) is 0 Å². The highest BCUT2D eigenvalue weighted by molar-refractivity contribution is 5.60. The quantitative estimate of drug-likeness (QED) is 0.907. The fourth-order valence-corrected chi connectivity index (χ4v) is 2.59. The van der Waals surface area contributed by atoms with Crippen LogP contribution in [0.2, 0.25) is 0 Å². The summed E-state index contributed by atoms with van der Waals surface area (Å²) in [4.78, 5) is 6.85. The van der Waals surface area contributed by atoms with Crippen molar-refractivity contribution in [2.24, 2.45) is 7.05 Å². The number of nitrogens with zero attached hydrogens (tertiary/aromatic N) is 4. The van der Waals surface area contributed by atoms with E-state index in [4.69, 9.17) is 0 Å². The summed E-state index contributed by atoms with van der Waals surface area (Å²) in [5, 5.41) is 7.64. The minimum absolute atomic E-state index is 0.896. The van der Waals surface area contributed by atoms with Gasteiger partial charge in [0.2, 0.25) is 0 Å². The minimum Gasteiger partial charge on any atom is -0.325 e. The van der Waals surface area contributed by atoms with Crippen LogP contribution in [0.3, 0.4) is 0 Å². The third-order valence-corrected chi connectivity index (χ3v) is 3.60. The molecule has 0 unspecified atom stereocenters. The van der Waals surface area contributed by atoms with E-state index in [-0.39, 0.29) is 0 Å². The van der Waals surface area contributed by atoms with E-state index in [2.05, 4.69) is 33.3 Å². The Hall–Kier alpha value is -1.88. The SMILES string of the molecule is CCN(c1cnc2c(c1)CNCC2)c1ccnn1C. The van der Waals surface area contributed by atoms with E-state index in [1.54, 1.807) is 0 Å². The van der Waals surface area contributed by atoms with Crippen LogP contribution in [0, 0.1) is 0 Å². The molecule has 19 heavy (non-hydrogen) atoms. The molecule has 0 aromatic carbocycles. The molecule has 5 heteroatoms. The monoisotopic (exact) mass is 257 g/mol. The number of anilines is 2. The van der Waals surface area contributed by atoms with E-state index >= 15 is 0 Å². The Labute approximate surface area is 113 Å². The zero-order valence-electron chi connectivity index (χ0n) is 11.4. The van der Waals surface area contributed by atoms with Crippen molar-refractivity contribution in [3.8, 4) is 0 Å². The maximum absolute atomic E-state index is 4.62. The molecular formula is C14H19N5. The van der Waals surface area contributed by atoms with Crippen molar-refractivity contribution in [3.63, 3.8) is 0 Å². The number of pyridine rings is 1. The van der Waals surface area contributed by atoms with Gasteiger partial charge in [0, 0.05) is 44.9 Å². The summed E-state index contributed by atoms with van der Waals surface area (Å²) >= 11 is 0. The van der Waals surface area contributed by atoms with E-state index in [1.807, 2.05) is 30.2 Å². The van der Waals surface area contributed by atoms with Gasteiger partial charge in [-0.1, -0.05) is 0 Å². The van der Waals surface area contributed by atoms with Crippen LogP contribution in [0.4, 0.5) is 11.5 Å². The predicted octanol–water partition coefficient (Wildman–Crippen LogP) is 1.62. The van der Waals surface area contributed by atoms with Crippen molar-refractivity contribution in [1.82, 2.24) is 20.1 Å². The molecule has 2 aromatic heterocycles. The average Bonchev–Trinajstić information content (AvgIpc) is 2.86. The normalized spacial score (nSPS) is 14.2. The lowest BCUT2D eigenvalue weighted by atomic mass is 10.1. The molecular weight excluding hydrogens is 238 g/mol. The van der Waals surface area contributed by atoms with Gasteiger partial charge in [0.25, 0.3) is 0 Å². The van der Waals surface area contributed by atoms with Crippen LogP contribution in [0.15, 0.2) is 24.5 Å². The fourth-order valence-electron chi connectivity index (χ4n) is 2.59. The second-order valence-corrected chi connectivity index (χ2v) is 4.78. The van der Waals surface area contributed by atoms with Gasteiger partial charge in [0.15, 0.2) is 0 Å². The van der Waals surface area contributed by atoms with Gasteiger partial charge in [0.05, 0.1) is 18.1 Å². The Kier molecular flexibility index (Phi) is 3.21. The summed E-state index contributed by atoms with van der Waals surface area (Å²) in [5.74, 6) is 1.09. The number of hydrogen-bond acceptors (Lipinski definition) is 4. The van der Waals surface area contributed by atoms with Gasteiger partial charge in [-0.25, -0.2) is 0 Å². The molecule has 0 amide bonds. The summed E-state index contributed by atoms with van der Waals surface area (Å²) in [5.41, 5.74) is 3.67. The van der Waals surface area contributed by atoms with Crippen molar-refractivity contribution in [3.05, 3.63) is 35.8 Å². The molecule has 3 rings (SSSR count). The first-order valence-corrected chi connectivity index (χ1v) is 6.73. The van der Waals surface area contributed by atoms with Crippen molar-refractivity contribution in [2.45, 2.75) is 19.9 Å². The summed E-state index contributed by atoms with van der Waals surface area (Å²) < 4.78 is 1.89. The predicted molar refractivity (Wildman–Crippen MR) is 75.5 cm³/mol. The van der Waals surface area contributed by atoms with Crippen LogP contribution < -0.4 is 10.2 Å². The van der Waals surface area contributed by atoms with Crippen LogP contribution in [0.1, 0.15) is 18.2 Å². The Balaban J connectivity index is 1.98. The lowest BCUT2D eigenvalue weighted by Gasteiger charge is -2.25. The Morgan fingerprint density at radius 2 is 2.37 bits per heavy atom. The second-order valence-electron chi connectivity index (χ2n) is 4.78. The molecule has 0 radical (unpaired) electrons. The van der Waals surface area contributed by atoms with Crippen LogP contribution in [-0.4, -0.2) is 27.9 Å². The van der Waals surface area contributed by atoms with Gasteiger partial charge in [-0.3, -0.25) is 9.67 Å². The number of nitrogens with one attached hydrogen (secondary N) is 1. The van der Waals surface area contributed by atoms with Crippen LogP contribution >= 0.6 is 0 Å². The lowest BCUT2D eigenvalue weighted by molar-refractivity contribution is 0.630. The average molecular weight is 257 g/mol. The maximum Gasteiger partial charge on any atom is 0.130 e. The van der Waals surface area contributed by atoms with Gasteiger partial charge in [-0.05, 0) is 18.6 Å². The lowest BCUT2D eigenvalue weighted by Crippen LogP contribution is -2.26. The van der Waals surface area contributed by atoms with Gasteiger partial charge in [0.1, 0.15) is 5.82 Å². The van der Waals surface area contributed by atoms with Crippen molar-refractivity contribution in [1.29, 1.82) is 0 Å². The van der Waals surface area contributed by atoms with Crippen molar-refractivity contribution in [2.75, 3.05) is 18.0 Å². The summed E-state index contributed by atoms with van der Waals surface area (Å²) in [6.07, 6.45) is 4.82. The van der Waals surface area contributed by atoms with Gasteiger partial charge < -0.3 is 10.2 Å². The molecule has 5 nitrogen and oxygen atoms in total. The van der Waals surface area contributed by atoms with E-state index < -0.39 is 0 Å². The molecule has 1 aliphatic heterocycles. The van der Waals surface area contributed by atoms with Crippen molar-refractivity contribution >= 4 is 11.5 Å². The first-order chi connectivity index (χ1) is 9.29. The highest BCUT2D eigenvalue weighted by atomic mass is 15.4. The zero-order valence-corrected chi connectivity index (χ0v) is 11.4. The molecule has 100 valence electrons. The molecule has 0 bridgehead atoms. The van der Waals surface area contributed by atoms with Crippen molar-refractivity contribution < 1.29 is 0 Å². The first-order valence-electron chi connectivity index (χ1n) is 6.73. The fraction of sp³-hybridized carbons (Fsp3) is 0.429. The van der Waals surface area contributed by atoms with Gasteiger partial charge >= 0.3 is 0 Å². The molecule has 2 aromatic rings. The molecule has 0 aliphatic carbocycles. The number of fused-ring (bicyclic) bond motifs is 1. The van der Waals surface area contributed by atoms with Crippen LogP contribution in [0.5, 0.6) is 0 Å². The summed E-state index contributed by atoms with van der Waals surface area (Å²) in [6.45, 7) is 4.98. The minimum atomic E-state index is 0.896. The number of aryl methyl sites for hydroxylation is 1. The molecule has 0 saturated heterocycles. The molecule has 1 N–H and O–H groups in total. The maximum atomic E-state index is 4.62. The van der Waals surface area contributed by atoms with Crippen LogP contribution in [0.25, 0.3) is 0 Å². The van der Waals surface area contributed by atoms with E-state index in [9.17, 15) is 0 Å². The second kappa shape index (κ2) is 5.01. The van der Waals surface area contributed by atoms with E-state index in [0.29, 0.717) is 0 Å². The zero-order chi connectivity index (χ0) is 13.2. The molecule has 1 aliphatic rings. The molecule has 0 spiro atoms. The van der Waals surface area contributed by atoms with Crippen LogP contribution in [-0.2, 0) is 20.0 Å². The number of hydrogen-bond donors (Lipinski definition) is 1. The molecule has 0 fully saturated rings. The smallest absolute Gasteiger partial charge is 0.130 e. The summed E-state index contributed by atoms with van der Waals surface area (Å²) in [6, 6.07) is 4.27. The number of rotatable bonds is 3. The Morgan fingerprint density at radius 1 is 1.47 bits per heavy atom. The Morgan fingerprint density at radius 3 is 3.11 bits per heavy atom. The standard InChI is InChI=1S/C14H19N5/c1-3-19(14-5-7-17-18(14)2)12-8-11-9-15-6-4-13(11)16-10-12/h5,7-8,10,15H,3-4,6,9H2,1-2H3. The highest BCUT2D eigenvalue weighted by Gasteiger charge is 2.15. The third-order valence-electron chi connectivity index (χ3n) is 3.60. The van der Waals surface area contributed by atoms with E-state index in [0.717, 1.165) is 37.6 Å². The topological polar surface area (TPSA) is 46.0 Å². The summed E-state index contributed by atoms with van der Waals surface area (Å²) in [7, 11) is 1.96. The highest BCUT2D eigenvalue weighted by Crippen LogP contribution is 2.26. The molecule has 3 heterocycles. The largest absolute Gasteiger partial charge is 0.325 e. The molecule has 0 atom stereocenters. The number of aromatic nitrogens is 3. The van der Waals surface area contributed by atoms with E-state index in [1.165, 1.54) is 11.3 Å². The molecule has 0 saturated carbocycles.